The summed E-state index contributed by atoms with van der Waals surface area (Å²) in [6, 6.07) is 3.04. The van der Waals surface area contributed by atoms with Gasteiger partial charge in [-0.3, -0.25) is 14.9 Å². The number of hydrogen-bond donors (Lipinski definition) is 1. The highest BCUT2D eigenvalue weighted by Crippen LogP contribution is 2.34. The first-order valence-corrected chi connectivity index (χ1v) is 7.21. The van der Waals surface area contributed by atoms with Gasteiger partial charge in [0.2, 0.25) is 0 Å². The van der Waals surface area contributed by atoms with Crippen LogP contribution in [0.15, 0.2) is 17.1 Å². The number of nitro groups is 1. The van der Waals surface area contributed by atoms with Crippen molar-refractivity contribution in [2.24, 2.45) is 10.7 Å². The van der Waals surface area contributed by atoms with Crippen LogP contribution in [0.5, 0.6) is 0 Å². The minimum Gasteiger partial charge on any atom is -0.365 e. The lowest BCUT2D eigenvalue weighted by Crippen LogP contribution is -2.11. The van der Waals surface area contributed by atoms with Gasteiger partial charge in [-0.05, 0) is 25.5 Å². The van der Waals surface area contributed by atoms with E-state index in [2.05, 4.69) is 4.99 Å². The minimum atomic E-state index is -0.517. The molecule has 0 saturated heterocycles. The van der Waals surface area contributed by atoms with Gasteiger partial charge in [0.15, 0.2) is 0 Å². The number of nitrogens with two attached hydrogens (primary N) is 1. The molecule has 0 atom stereocenters. The highest BCUT2D eigenvalue weighted by Gasteiger charge is 2.16. The Kier molecular flexibility index (Phi) is 3.96. The second-order valence-electron chi connectivity index (χ2n) is 4.02. The van der Waals surface area contributed by atoms with Crippen molar-refractivity contribution in [1.29, 1.82) is 0 Å². The Morgan fingerprint density at radius 1 is 1.40 bits per heavy atom. The number of aryl methyl sites for hydroxylation is 1. The number of nitrogens with zero attached hydrogens (tertiary/aromatic N) is 2. The van der Waals surface area contributed by atoms with E-state index in [1.54, 1.807) is 6.07 Å². The molecule has 0 bridgehead atoms. The fourth-order valence-electron chi connectivity index (χ4n) is 1.62. The molecule has 0 saturated carbocycles. The maximum absolute atomic E-state index is 11.4. The van der Waals surface area contributed by atoms with Crippen LogP contribution in [-0.4, -0.2) is 17.0 Å². The number of primary amides is 1. The summed E-state index contributed by atoms with van der Waals surface area (Å²) in [5, 5.41) is 11.2. The number of rotatable bonds is 4. The summed E-state index contributed by atoms with van der Waals surface area (Å²) in [6.45, 7) is 3.71. The molecule has 6 nitrogen and oxygen atoms in total. The van der Waals surface area contributed by atoms with Crippen molar-refractivity contribution in [2.45, 2.75) is 13.8 Å². The van der Waals surface area contributed by atoms with Crippen LogP contribution in [0.1, 0.15) is 25.7 Å². The Morgan fingerprint density at radius 3 is 2.65 bits per heavy atom. The lowest BCUT2D eigenvalue weighted by molar-refractivity contribution is -0.380. The molecule has 2 heterocycles. The Labute approximate surface area is 122 Å². The molecule has 2 aromatic heterocycles. The fourth-order valence-corrected chi connectivity index (χ4v) is 3.32. The molecular formula is C12H11N3O3S2. The molecule has 0 unspecified atom stereocenters. The third-order valence-corrected chi connectivity index (χ3v) is 4.80. The quantitative estimate of drug-likeness (QED) is 0.533. The molecule has 0 aromatic carbocycles. The SMILES string of the molecule is Cc1sc(/N=C/c2ccc([N+](=O)[O-])s2)c(C(N)=O)c1C. The van der Waals surface area contributed by atoms with Crippen molar-refractivity contribution in [3.05, 3.63) is 43.1 Å². The maximum Gasteiger partial charge on any atom is 0.324 e. The highest BCUT2D eigenvalue weighted by molar-refractivity contribution is 7.17. The molecule has 104 valence electrons. The largest absolute Gasteiger partial charge is 0.365 e. The van der Waals surface area contributed by atoms with Crippen LogP contribution >= 0.6 is 22.7 Å². The van der Waals surface area contributed by atoms with Gasteiger partial charge < -0.3 is 5.73 Å². The second-order valence-corrected chi connectivity index (χ2v) is 6.32. The van der Waals surface area contributed by atoms with E-state index in [9.17, 15) is 14.9 Å². The third-order valence-electron chi connectivity index (χ3n) is 2.71. The first-order valence-electron chi connectivity index (χ1n) is 5.58. The van der Waals surface area contributed by atoms with Gasteiger partial charge in [-0.25, -0.2) is 4.99 Å². The zero-order valence-electron chi connectivity index (χ0n) is 10.7. The van der Waals surface area contributed by atoms with Gasteiger partial charge in [-0.2, -0.15) is 0 Å². The van der Waals surface area contributed by atoms with Crippen LogP contribution in [-0.2, 0) is 0 Å². The van der Waals surface area contributed by atoms with Gasteiger partial charge in [0.1, 0.15) is 5.00 Å². The number of aliphatic imine (C=N–C) groups is 1. The van der Waals surface area contributed by atoms with Gasteiger partial charge in [0.25, 0.3) is 5.91 Å². The van der Waals surface area contributed by atoms with E-state index in [4.69, 9.17) is 5.73 Å². The van der Waals surface area contributed by atoms with Crippen molar-refractivity contribution in [1.82, 2.24) is 0 Å². The zero-order chi connectivity index (χ0) is 14.9. The van der Waals surface area contributed by atoms with Crippen LogP contribution in [0.2, 0.25) is 0 Å². The molecule has 0 radical (unpaired) electrons. The Morgan fingerprint density at radius 2 is 2.10 bits per heavy atom. The smallest absolute Gasteiger partial charge is 0.324 e. The van der Waals surface area contributed by atoms with E-state index in [0.29, 0.717) is 15.4 Å². The molecule has 0 spiro atoms. The molecule has 2 aromatic rings. The van der Waals surface area contributed by atoms with Crippen LogP contribution in [0.25, 0.3) is 0 Å². The summed E-state index contributed by atoms with van der Waals surface area (Å²) < 4.78 is 0. The van der Waals surface area contributed by atoms with Crippen molar-refractivity contribution < 1.29 is 9.72 Å². The molecular weight excluding hydrogens is 298 g/mol. The molecule has 0 fully saturated rings. The van der Waals surface area contributed by atoms with E-state index >= 15 is 0 Å². The summed E-state index contributed by atoms with van der Waals surface area (Å²) in [5.74, 6) is -0.517. The summed E-state index contributed by atoms with van der Waals surface area (Å²) >= 11 is 2.40. The summed E-state index contributed by atoms with van der Waals surface area (Å²) in [6.07, 6.45) is 1.51. The van der Waals surface area contributed by atoms with E-state index in [-0.39, 0.29) is 5.00 Å². The lowest BCUT2D eigenvalue weighted by Gasteiger charge is -1.95. The first-order chi connectivity index (χ1) is 9.40. The van der Waals surface area contributed by atoms with Crippen LogP contribution in [0, 0.1) is 24.0 Å². The van der Waals surface area contributed by atoms with Gasteiger partial charge in [0, 0.05) is 17.2 Å². The molecule has 8 heteroatoms. The number of carbonyl (C=O) groups excluding carboxylic acids is 1. The maximum atomic E-state index is 11.4. The van der Waals surface area contributed by atoms with Gasteiger partial charge in [0.05, 0.1) is 15.4 Å². The zero-order valence-corrected chi connectivity index (χ0v) is 12.4. The van der Waals surface area contributed by atoms with Gasteiger partial charge >= 0.3 is 5.00 Å². The normalized spacial score (nSPS) is 11.1. The Bertz CT molecular complexity index is 716. The van der Waals surface area contributed by atoms with Crippen LogP contribution in [0.4, 0.5) is 10.0 Å². The van der Waals surface area contributed by atoms with Crippen LogP contribution in [0.3, 0.4) is 0 Å². The first kappa shape index (κ1) is 14.4. The highest BCUT2D eigenvalue weighted by atomic mass is 32.1. The van der Waals surface area contributed by atoms with Gasteiger partial charge in [-0.1, -0.05) is 11.3 Å². The predicted molar refractivity (Wildman–Crippen MR) is 80.5 cm³/mol. The number of amides is 1. The average Bonchev–Trinajstić information content (AvgIpc) is 2.93. The molecule has 0 aliphatic heterocycles. The summed E-state index contributed by atoms with van der Waals surface area (Å²) in [7, 11) is 0. The topological polar surface area (TPSA) is 98.6 Å². The summed E-state index contributed by atoms with van der Waals surface area (Å²) in [5.41, 5.74) is 6.59. The van der Waals surface area contributed by atoms with Crippen molar-refractivity contribution in [3.63, 3.8) is 0 Å². The molecule has 2 rings (SSSR count). The summed E-state index contributed by atoms with van der Waals surface area (Å²) in [4.78, 5) is 27.4. The Balaban J connectivity index is 2.33. The molecule has 20 heavy (non-hydrogen) atoms. The standard InChI is InChI=1S/C12H11N3O3S2/c1-6-7(2)19-12(10(6)11(13)16)14-5-8-3-4-9(20-8)15(17)18/h3-5H,1-2H3,(H2,13,16)/b14-5+. The number of carbonyl (C=O) groups is 1. The second kappa shape index (κ2) is 5.51. The molecule has 1 amide bonds. The fraction of sp³-hybridized carbons (Fsp3) is 0.167. The van der Waals surface area contributed by atoms with Crippen molar-refractivity contribution in [2.75, 3.05) is 0 Å². The predicted octanol–water partition coefficient (Wildman–Crippen LogP) is 3.18. The monoisotopic (exact) mass is 309 g/mol. The number of thiophene rings is 2. The molecule has 0 aliphatic carbocycles. The number of hydrogen-bond acceptors (Lipinski definition) is 6. The molecule has 2 N–H and O–H groups in total. The third kappa shape index (κ3) is 2.75. The van der Waals surface area contributed by atoms with E-state index in [1.807, 2.05) is 13.8 Å². The van der Waals surface area contributed by atoms with E-state index in [0.717, 1.165) is 21.8 Å². The molecule has 0 aliphatic rings. The van der Waals surface area contributed by atoms with E-state index < -0.39 is 10.8 Å². The Hall–Kier alpha value is -2.06. The minimum absolute atomic E-state index is 0.0557. The van der Waals surface area contributed by atoms with E-state index in [1.165, 1.54) is 23.6 Å². The lowest BCUT2D eigenvalue weighted by atomic mass is 10.1. The van der Waals surface area contributed by atoms with Crippen LogP contribution < -0.4 is 5.73 Å². The average molecular weight is 309 g/mol. The van der Waals surface area contributed by atoms with Gasteiger partial charge in [-0.15, -0.1) is 11.3 Å². The van der Waals surface area contributed by atoms with Crippen molar-refractivity contribution >= 4 is 44.8 Å². The van der Waals surface area contributed by atoms with Crippen molar-refractivity contribution in [3.8, 4) is 0 Å².